The number of alkyl halides is 3. The Hall–Kier alpha value is -3.37. The van der Waals surface area contributed by atoms with E-state index >= 15 is 0 Å². The van der Waals surface area contributed by atoms with Gasteiger partial charge >= 0.3 is 6.18 Å². The van der Waals surface area contributed by atoms with Crippen molar-refractivity contribution in [3.05, 3.63) is 41.9 Å². The molecule has 11 heteroatoms. The molecule has 8 nitrogen and oxygen atoms in total. The summed E-state index contributed by atoms with van der Waals surface area (Å²) in [5.41, 5.74) is 1.66. The molecule has 2 N–H and O–H groups in total. The topological polar surface area (TPSA) is 89.8 Å². The van der Waals surface area contributed by atoms with E-state index in [2.05, 4.69) is 30.9 Å². The quantitative estimate of drug-likeness (QED) is 0.590. The van der Waals surface area contributed by atoms with E-state index in [9.17, 15) is 13.2 Å². The number of anilines is 3. The Balaban J connectivity index is 1.95. The number of hydrogen-bond acceptors (Lipinski definition) is 7. The summed E-state index contributed by atoms with van der Waals surface area (Å²) in [6.07, 6.45) is -3.25. The summed E-state index contributed by atoms with van der Waals surface area (Å²) in [5.74, 6) is -0.229. The number of halogens is 3. The standard InChI is InChI=1S/C19H22F3N7O/c1-5-13(19(20,21)22)14-10-29(28-27-14)15-9-12(6-7-16(15)30-4)25-18-24-11(2)8-17(23-3)26-18/h6-10,13H,5H2,1-4H3,(H2,23,24,25,26). The van der Waals surface area contributed by atoms with Gasteiger partial charge in [0.25, 0.3) is 0 Å². The van der Waals surface area contributed by atoms with E-state index in [1.54, 1.807) is 31.3 Å². The third-order valence-corrected chi connectivity index (χ3v) is 4.46. The van der Waals surface area contributed by atoms with Crippen molar-refractivity contribution in [2.75, 3.05) is 24.8 Å². The molecule has 30 heavy (non-hydrogen) atoms. The lowest BCUT2D eigenvalue weighted by atomic mass is 10.0. The average Bonchev–Trinajstić information content (AvgIpc) is 3.16. The Labute approximate surface area is 171 Å². The van der Waals surface area contributed by atoms with Gasteiger partial charge in [-0.05, 0) is 31.5 Å². The van der Waals surface area contributed by atoms with Gasteiger partial charge < -0.3 is 15.4 Å². The van der Waals surface area contributed by atoms with Crippen LogP contribution in [0.4, 0.5) is 30.6 Å². The van der Waals surface area contributed by atoms with Gasteiger partial charge in [0, 0.05) is 24.5 Å². The van der Waals surface area contributed by atoms with Crippen LogP contribution in [-0.2, 0) is 0 Å². The van der Waals surface area contributed by atoms with Gasteiger partial charge in [0.1, 0.15) is 23.2 Å². The van der Waals surface area contributed by atoms with Crippen molar-refractivity contribution in [2.45, 2.75) is 32.4 Å². The number of aryl methyl sites for hydroxylation is 1. The zero-order valence-electron chi connectivity index (χ0n) is 16.9. The van der Waals surface area contributed by atoms with Crippen LogP contribution < -0.4 is 15.4 Å². The monoisotopic (exact) mass is 421 g/mol. The third-order valence-electron chi connectivity index (χ3n) is 4.46. The SMILES string of the molecule is CCC(c1cn(-c2cc(Nc3nc(C)cc(NC)n3)ccc2OC)nn1)C(F)(F)F. The molecule has 1 aromatic carbocycles. The molecule has 0 fully saturated rings. The van der Waals surface area contributed by atoms with E-state index in [-0.39, 0.29) is 12.1 Å². The molecule has 160 valence electrons. The van der Waals surface area contributed by atoms with Gasteiger partial charge in [0.15, 0.2) is 0 Å². The van der Waals surface area contributed by atoms with Gasteiger partial charge in [-0.15, -0.1) is 5.10 Å². The van der Waals surface area contributed by atoms with Gasteiger partial charge in [-0.25, -0.2) is 9.67 Å². The molecule has 0 bridgehead atoms. The fourth-order valence-electron chi connectivity index (χ4n) is 2.99. The molecule has 2 heterocycles. The lowest BCUT2D eigenvalue weighted by Crippen LogP contribution is -2.20. The van der Waals surface area contributed by atoms with E-state index in [4.69, 9.17) is 4.74 Å². The van der Waals surface area contributed by atoms with Crippen LogP contribution >= 0.6 is 0 Å². The highest BCUT2D eigenvalue weighted by Gasteiger charge is 2.41. The number of ether oxygens (including phenoxy) is 1. The molecular weight excluding hydrogens is 399 g/mol. The van der Waals surface area contributed by atoms with Gasteiger partial charge in [0.2, 0.25) is 5.95 Å². The van der Waals surface area contributed by atoms with Crippen LogP contribution in [0.15, 0.2) is 30.5 Å². The summed E-state index contributed by atoms with van der Waals surface area (Å²) >= 11 is 0. The summed E-state index contributed by atoms with van der Waals surface area (Å²) in [4.78, 5) is 8.67. The predicted octanol–water partition coefficient (Wildman–Crippen LogP) is 4.22. The zero-order valence-corrected chi connectivity index (χ0v) is 16.9. The maximum atomic E-state index is 13.2. The first-order valence-electron chi connectivity index (χ1n) is 9.23. The predicted molar refractivity (Wildman–Crippen MR) is 107 cm³/mol. The Morgan fingerprint density at radius 2 is 1.97 bits per heavy atom. The van der Waals surface area contributed by atoms with Crippen molar-refractivity contribution in [3.8, 4) is 11.4 Å². The van der Waals surface area contributed by atoms with Crippen LogP contribution in [0, 0.1) is 6.92 Å². The Morgan fingerprint density at radius 1 is 1.20 bits per heavy atom. The lowest BCUT2D eigenvalue weighted by Gasteiger charge is -2.15. The van der Waals surface area contributed by atoms with Crippen molar-refractivity contribution in [2.24, 2.45) is 0 Å². The number of nitrogens with one attached hydrogen (secondary N) is 2. The van der Waals surface area contributed by atoms with Crippen LogP contribution in [0.5, 0.6) is 5.75 Å². The van der Waals surface area contributed by atoms with Crippen molar-refractivity contribution < 1.29 is 17.9 Å². The smallest absolute Gasteiger partial charge is 0.397 e. The molecule has 1 unspecified atom stereocenters. The lowest BCUT2D eigenvalue weighted by molar-refractivity contribution is -0.151. The van der Waals surface area contributed by atoms with Crippen molar-refractivity contribution >= 4 is 17.5 Å². The molecule has 1 atom stereocenters. The molecule has 0 spiro atoms. The fraction of sp³-hybridized carbons (Fsp3) is 0.368. The summed E-state index contributed by atoms with van der Waals surface area (Å²) in [6, 6.07) is 6.90. The van der Waals surface area contributed by atoms with Crippen molar-refractivity contribution in [1.29, 1.82) is 0 Å². The van der Waals surface area contributed by atoms with Crippen LogP contribution in [-0.4, -0.2) is 45.3 Å². The van der Waals surface area contributed by atoms with Crippen LogP contribution in [0.25, 0.3) is 5.69 Å². The second-order valence-electron chi connectivity index (χ2n) is 6.57. The summed E-state index contributed by atoms with van der Waals surface area (Å²) < 4.78 is 46.3. The first kappa shape index (κ1) is 21.3. The Morgan fingerprint density at radius 3 is 2.60 bits per heavy atom. The Kier molecular flexibility index (Phi) is 6.09. The first-order chi connectivity index (χ1) is 14.2. The van der Waals surface area contributed by atoms with Crippen molar-refractivity contribution in [3.63, 3.8) is 0 Å². The Bertz CT molecular complexity index is 1020. The fourth-order valence-corrected chi connectivity index (χ4v) is 2.99. The second-order valence-corrected chi connectivity index (χ2v) is 6.57. The number of nitrogens with zero attached hydrogens (tertiary/aromatic N) is 5. The van der Waals surface area contributed by atoms with E-state index in [0.29, 0.717) is 28.9 Å². The molecule has 3 aromatic rings. The van der Waals surface area contributed by atoms with Gasteiger partial charge in [-0.1, -0.05) is 12.1 Å². The third kappa shape index (κ3) is 4.61. The maximum absolute atomic E-state index is 13.2. The molecule has 0 radical (unpaired) electrons. The number of hydrogen-bond donors (Lipinski definition) is 2. The van der Waals surface area contributed by atoms with Crippen LogP contribution in [0.2, 0.25) is 0 Å². The molecule has 0 saturated heterocycles. The largest absolute Gasteiger partial charge is 0.494 e. The average molecular weight is 421 g/mol. The summed E-state index contributed by atoms with van der Waals surface area (Å²) in [7, 11) is 3.22. The van der Waals surface area contributed by atoms with E-state index in [0.717, 1.165) is 5.69 Å². The minimum Gasteiger partial charge on any atom is -0.494 e. The normalized spacial score (nSPS) is 12.5. The number of methoxy groups -OCH3 is 1. The molecule has 0 saturated carbocycles. The minimum absolute atomic E-state index is 0.126. The van der Waals surface area contributed by atoms with Crippen molar-refractivity contribution in [1.82, 2.24) is 25.0 Å². The minimum atomic E-state index is -4.39. The van der Waals surface area contributed by atoms with Crippen LogP contribution in [0.3, 0.4) is 0 Å². The summed E-state index contributed by atoms with van der Waals surface area (Å²) in [5, 5.41) is 13.7. The highest BCUT2D eigenvalue weighted by molar-refractivity contribution is 5.62. The molecule has 0 aliphatic carbocycles. The number of benzene rings is 1. The molecule has 0 aliphatic heterocycles. The number of aromatic nitrogens is 5. The van der Waals surface area contributed by atoms with Gasteiger partial charge in [0.05, 0.1) is 19.0 Å². The maximum Gasteiger partial charge on any atom is 0.397 e. The van der Waals surface area contributed by atoms with Gasteiger partial charge in [-0.3, -0.25) is 0 Å². The van der Waals surface area contributed by atoms with Crippen LogP contribution in [0.1, 0.15) is 30.7 Å². The summed E-state index contributed by atoms with van der Waals surface area (Å²) in [6.45, 7) is 3.30. The molecule has 2 aromatic heterocycles. The second kappa shape index (κ2) is 8.56. The zero-order chi connectivity index (χ0) is 21.9. The molecular formula is C19H22F3N7O. The molecule has 0 amide bonds. The van der Waals surface area contributed by atoms with E-state index in [1.165, 1.54) is 24.9 Å². The molecule has 3 rings (SSSR count). The number of rotatable bonds is 7. The highest BCUT2D eigenvalue weighted by atomic mass is 19.4. The van der Waals surface area contributed by atoms with E-state index in [1.807, 2.05) is 6.92 Å². The first-order valence-corrected chi connectivity index (χ1v) is 9.23. The van der Waals surface area contributed by atoms with E-state index < -0.39 is 12.1 Å². The highest BCUT2D eigenvalue weighted by Crippen LogP contribution is 2.37. The molecule has 0 aliphatic rings. The van der Waals surface area contributed by atoms with Gasteiger partial charge in [-0.2, -0.15) is 18.2 Å².